The smallest absolute Gasteiger partial charge is 0.332 e. The molecule has 11 heteroatoms. The number of nitrogens with one attached hydrogen (secondary N) is 2. The zero-order chi connectivity index (χ0) is 25.7. The number of aryl methyl sites for hydroxylation is 1. The molecule has 0 saturated carbocycles. The van der Waals surface area contributed by atoms with Gasteiger partial charge in [0.05, 0.1) is 5.92 Å². The zero-order valence-corrected chi connectivity index (χ0v) is 20.0. The fraction of sp³-hybridized carbons (Fsp3) is 0.458. The van der Waals surface area contributed by atoms with Gasteiger partial charge in [0.1, 0.15) is 24.2 Å². The standard InChI is InChI=1S/C24H29N3O8/c1-13(2)22(30)35-19-14(3)34-24(32)18(26-20(28)17-11-25-27(4)21(17)29)12-33-23(31)16(19)10-15-8-6-5-7-9-15/h5-9,11,13-14,16,18-19,25H,10,12H2,1-4H3,(H,26,28). The summed E-state index contributed by atoms with van der Waals surface area (Å²) in [5.41, 5.74) is -0.0101. The number of esters is 3. The van der Waals surface area contributed by atoms with E-state index in [1.54, 1.807) is 13.8 Å². The Labute approximate surface area is 201 Å². The second-order valence-corrected chi connectivity index (χ2v) is 8.70. The number of H-pyrrole nitrogens is 1. The Morgan fingerprint density at radius 1 is 1.17 bits per heavy atom. The quantitative estimate of drug-likeness (QED) is 0.448. The molecular formula is C24H29N3O8. The molecule has 1 aliphatic rings. The summed E-state index contributed by atoms with van der Waals surface area (Å²) in [5.74, 6) is -4.44. The van der Waals surface area contributed by atoms with Gasteiger partial charge in [0.2, 0.25) is 0 Å². The Balaban J connectivity index is 1.87. The molecule has 1 aliphatic heterocycles. The van der Waals surface area contributed by atoms with Gasteiger partial charge in [-0.3, -0.25) is 23.9 Å². The van der Waals surface area contributed by atoms with Gasteiger partial charge < -0.3 is 24.6 Å². The van der Waals surface area contributed by atoms with Crippen LogP contribution in [0.25, 0.3) is 0 Å². The largest absolute Gasteiger partial charge is 0.463 e. The fourth-order valence-corrected chi connectivity index (χ4v) is 3.61. The molecule has 0 radical (unpaired) electrons. The van der Waals surface area contributed by atoms with Crippen molar-refractivity contribution in [2.45, 2.75) is 45.4 Å². The summed E-state index contributed by atoms with van der Waals surface area (Å²) < 4.78 is 17.6. The van der Waals surface area contributed by atoms with Crippen LogP contribution in [0, 0.1) is 11.8 Å². The number of aromatic amines is 1. The van der Waals surface area contributed by atoms with Crippen molar-refractivity contribution in [1.82, 2.24) is 15.1 Å². The van der Waals surface area contributed by atoms with E-state index in [2.05, 4.69) is 10.4 Å². The number of aromatic nitrogens is 2. The third-order valence-electron chi connectivity index (χ3n) is 5.65. The molecule has 1 amide bonds. The molecule has 2 N–H and O–H groups in total. The van der Waals surface area contributed by atoms with E-state index in [1.165, 1.54) is 20.2 Å². The number of carbonyl (C=O) groups excluding carboxylic acids is 4. The highest BCUT2D eigenvalue weighted by Gasteiger charge is 2.42. The number of hydrogen-bond acceptors (Lipinski definition) is 8. The third-order valence-corrected chi connectivity index (χ3v) is 5.65. The maximum absolute atomic E-state index is 13.1. The lowest BCUT2D eigenvalue weighted by Gasteiger charge is -2.29. The first-order valence-corrected chi connectivity index (χ1v) is 11.2. The van der Waals surface area contributed by atoms with Crippen LogP contribution in [-0.2, 0) is 42.1 Å². The molecular weight excluding hydrogens is 458 g/mol. The first-order valence-electron chi connectivity index (χ1n) is 11.2. The van der Waals surface area contributed by atoms with Crippen LogP contribution in [0.2, 0.25) is 0 Å². The molecule has 0 aliphatic carbocycles. The monoisotopic (exact) mass is 487 g/mol. The zero-order valence-electron chi connectivity index (χ0n) is 20.0. The van der Waals surface area contributed by atoms with Crippen LogP contribution in [0.15, 0.2) is 41.3 Å². The number of cyclic esters (lactones) is 2. The van der Waals surface area contributed by atoms with Crippen molar-refractivity contribution in [3.63, 3.8) is 0 Å². The lowest BCUT2D eigenvalue weighted by atomic mass is 9.91. The van der Waals surface area contributed by atoms with Crippen LogP contribution in [0.5, 0.6) is 0 Å². The molecule has 1 fully saturated rings. The van der Waals surface area contributed by atoms with E-state index in [-0.39, 0.29) is 12.0 Å². The lowest BCUT2D eigenvalue weighted by molar-refractivity contribution is -0.176. The number of carbonyl (C=O) groups is 4. The summed E-state index contributed by atoms with van der Waals surface area (Å²) in [7, 11) is 1.43. The molecule has 3 rings (SSSR count). The van der Waals surface area contributed by atoms with Crippen molar-refractivity contribution in [1.29, 1.82) is 0 Å². The van der Waals surface area contributed by atoms with Crippen molar-refractivity contribution in [3.8, 4) is 0 Å². The summed E-state index contributed by atoms with van der Waals surface area (Å²) in [6, 6.07) is 7.72. The Kier molecular flexibility index (Phi) is 8.10. The average Bonchev–Trinajstić information content (AvgIpc) is 3.17. The van der Waals surface area contributed by atoms with Crippen LogP contribution in [0.4, 0.5) is 0 Å². The number of amides is 1. The number of rotatable bonds is 6. The molecule has 4 atom stereocenters. The second-order valence-electron chi connectivity index (χ2n) is 8.70. The van der Waals surface area contributed by atoms with Crippen LogP contribution in [0.3, 0.4) is 0 Å². The third kappa shape index (κ3) is 6.17. The molecule has 2 aromatic rings. The van der Waals surface area contributed by atoms with Crippen LogP contribution >= 0.6 is 0 Å². The number of ether oxygens (including phenoxy) is 3. The second kappa shape index (κ2) is 11.0. The minimum absolute atomic E-state index is 0.175. The Morgan fingerprint density at radius 2 is 1.86 bits per heavy atom. The van der Waals surface area contributed by atoms with Gasteiger partial charge in [-0.2, -0.15) is 0 Å². The van der Waals surface area contributed by atoms with Crippen molar-refractivity contribution in [2.24, 2.45) is 18.9 Å². The summed E-state index contributed by atoms with van der Waals surface area (Å²) in [6.07, 6.45) is -0.768. The first-order chi connectivity index (χ1) is 16.6. The molecule has 1 aromatic heterocycles. The van der Waals surface area contributed by atoms with Crippen molar-refractivity contribution < 1.29 is 33.4 Å². The highest BCUT2D eigenvalue weighted by atomic mass is 16.6. The van der Waals surface area contributed by atoms with Gasteiger partial charge in [-0.05, 0) is 18.9 Å². The molecule has 0 spiro atoms. The van der Waals surface area contributed by atoms with Gasteiger partial charge >= 0.3 is 17.9 Å². The molecule has 11 nitrogen and oxygen atoms in total. The van der Waals surface area contributed by atoms with Crippen LogP contribution < -0.4 is 10.9 Å². The maximum atomic E-state index is 13.1. The van der Waals surface area contributed by atoms with Crippen molar-refractivity contribution >= 4 is 23.8 Å². The predicted octanol–water partition coefficient (Wildman–Crippen LogP) is 0.727. The Hall–Kier alpha value is -3.89. The molecule has 2 heterocycles. The topological polar surface area (TPSA) is 146 Å². The normalized spacial score (nSPS) is 22.9. The summed E-state index contributed by atoms with van der Waals surface area (Å²) >= 11 is 0. The van der Waals surface area contributed by atoms with E-state index >= 15 is 0 Å². The van der Waals surface area contributed by atoms with Gasteiger partial charge in [0, 0.05) is 13.2 Å². The van der Waals surface area contributed by atoms with E-state index < -0.39 is 66.1 Å². The van der Waals surface area contributed by atoms with Gasteiger partial charge in [-0.25, -0.2) is 4.79 Å². The number of hydrogen-bond donors (Lipinski definition) is 2. The van der Waals surface area contributed by atoms with E-state index in [0.29, 0.717) is 0 Å². The van der Waals surface area contributed by atoms with E-state index in [9.17, 15) is 24.0 Å². The Bertz CT molecular complexity index is 1140. The maximum Gasteiger partial charge on any atom is 0.332 e. The number of nitrogens with zero attached hydrogens (tertiary/aromatic N) is 1. The lowest BCUT2D eigenvalue weighted by Crippen LogP contribution is -2.47. The summed E-state index contributed by atoms with van der Waals surface area (Å²) in [6.45, 7) is 4.29. The minimum Gasteiger partial charge on any atom is -0.463 e. The predicted molar refractivity (Wildman–Crippen MR) is 122 cm³/mol. The molecule has 0 bridgehead atoms. The fourth-order valence-electron chi connectivity index (χ4n) is 3.61. The van der Waals surface area contributed by atoms with Crippen molar-refractivity contribution in [2.75, 3.05) is 6.61 Å². The van der Waals surface area contributed by atoms with Gasteiger partial charge in [0.15, 0.2) is 12.1 Å². The van der Waals surface area contributed by atoms with Crippen LogP contribution in [-0.4, -0.2) is 58.5 Å². The molecule has 1 aromatic carbocycles. The van der Waals surface area contributed by atoms with Crippen LogP contribution in [0.1, 0.15) is 36.7 Å². The Morgan fingerprint density at radius 3 is 2.46 bits per heavy atom. The van der Waals surface area contributed by atoms with E-state index in [1.807, 2.05) is 30.3 Å². The average molecular weight is 488 g/mol. The molecule has 1 saturated heterocycles. The van der Waals surface area contributed by atoms with Crippen molar-refractivity contribution in [3.05, 3.63) is 58.0 Å². The minimum atomic E-state index is -1.37. The summed E-state index contributed by atoms with van der Waals surface area (Å²) in [5, 5.41) is 4.95. The molecule has 4 unspecified atom stereocenters. The van der Waals surface area contributed by atoms with E-state index in [0.717, 1.165) is 10.2 Å². The SMILES string of the molecule is CC(C)C(=O)OC1C(C)OC(=O)C(NC(=O)c2c[nH]n(C)c2=O)COC(=O)C1Cc1ccccc1. The van der Waals surface area contributed by atoms with Gasteiger partial charge in [0.25, 0.3) is 11.5 Å². The first kappa shape index (κ1) is 25.7. The van der Waals surface area contributed by atoms with Gasteiger partial charge in [-0.15, -0.1) is 0 Å². The highest BCUT2D eigenvalue weighted by Crippen LogP contribution is 2.24. The summed E-state index contributed by atoms with van der Waals surface area (Å²) in [4.78, 5) is 63.1. The van der Waals surface area contributed by atoms with Gasteiger partial charge in [-0.1, -0.05) is 44.2 Å². The van der Waals surface area contributed by atoms with E-state index in [4.69, 9.17) is 14.2 Å². The molecule has 35 heavy (non-hydrogen) atoms. The molecule has 188 valence electrons. The number of benzene rings is 1. The highest BCUT2D eigenvalue weighted by molar-refractivity contribution is 5.96.